The number of ether oxygens (including phenoxy) is 1. The first-order chi connectivity index (χ1) is 15.5. The van der Waals surface area contributed by atoms with Crippen LogP contribution in [0.1, 0.15) is 12.5 Å². The molecule has 2 aromatic heterocycles. The van der Waals surface area contributed by atoms with Gasteiger partial charge in [-0.2, -0.15) is 4.98 Å². The summed E-state index contributed by atoms with van der Waals surface area (Å²) in [6.07, 6.45) is 0. The Kier molecular flexibility index (Phi) is 4.80. The number of hydrogen-bond acceptors (Lipinski definition) is 5. The van der Waals surface area contributed by atoms with Gasteiger partial charge in [0, 0.05) is 25.8 Å². The monoisotopic (exact) mass is 435 g/mol. The molecule has 0 spiro atoms. The van der Waals surface area contributed by atoms with E-state index in [1.54, 1.807) is 19.2 Å². The van der Waals surface area contributed by atoms with Gasteiger partial charge in [-0.05, 0) is 48.9 Å². The molecule has 32 heavy (non-hydrogen) atoms. The molecular weight excluding hydrogens is 413 g/mol. The Morgan fingerprint density at radius 1 is 1.03 bits per heavy atom. The number of nitrogens with zero attached hydrogens (tertiary/aromatic N) is 5. The minimum absolute atomic E-state index is 0.0604. The lowest BCUT2D eigenvalue weighted by molar-refractivity contribution is 0.340. The first-order valence-electron chi connectivity index (χ1n) is 10.4. The van der Waals surface area contributed by atoms with Crippen molar-refractivity contribution in [1.29, 1.82) is 0 Å². The third kappa shape index (κ3) is 3.17. The summed E-state index contributed by atoms with van der Waals surface area (Å²) in [4.78, 5) is 32.9. The number of halogens is 1. The molecule has 0 radical (unpaired) electrons. The van der Waals surface area contributed by atoms with Gasteiger partial charge in [0.1, 0.15) is 11.6 Å². The Morgan fingerprint density at radius 2 is 1.75 bits per heavy atom. The minimum atomic E-state index is -0.462. The lowest BCUT2D eigenvalue weighted by atomic mass is 10.2. The van der Waals surface area contributed by atoms with Gasteiger partial charge in [0.15, 0.2) is 11.2 Å². The number of aromatic nitrogens is 4. The Labute approximate surface area is 182 Å². The molecule has 0 saturated carbocycles. The number of fused-ring (bicyclic) bond motifs is 3. The maximum atomic E-state index is 13.3. The van der Waals surface area contributed by atoms with Crippen LogP contribution in [0.25, 0.3) is 11.2 Å². The molecule has 0 aliphatic carbocycles. The van der Waals surface area contributed by atoms with Crippen LogP contribution in [-0.4, -0.2) is 31.8 Å². The van der Waals surface area contributed by atoms with Gasteiger partial charge in [-0.1, -0.05) is 12.1 Å². The Morgan fingerprint density at radius 3 is 2.44 bits per heavy atom. The predicted molar refractivity (Wildman–Crippen MR) is 119 cm³/mol. The highest BCUT2D eigenvalue weighted by atomic mass is 19.1. The molecule has 5 rings (SSSR count). The number of hydrogen-bond donors (Lipinski definition) is 0. The van der Waals surface area contributed by atoms with Crippen molar-refractivity contribution in [2.75, 3.05) is 18.1 Å². The average molecular weight is 435 g/mol. The molecule has 0 saturated heterocycles. The van der Waals surface area contributed by atoms with Gasteiger partial charge in [-0.15, -0.1) is 0 Å². The minimum Gasteiger partial charge on any atom is -0.494 e. The fourth-order valence-electron chi connectivity index (χ4n) is 4.12. The summed E-state index contributed by atoms with van der Waals surface area (Å²) < 4.78 is 23.2. The third-order valence-electron chi connectivity index (χ3n) is 5.71. The zero-order chi connectivity index (χ0) is 22.4. The Balaban J connectivity index is 1.60. The van der Waals surface area contributed by atoms with Gasteiger partial charge in [0.05, 0.1) is 13.2 Å². The van der Waals surface area contributed by atoms with Crippen LogP contribution in [0.2, 0.25) is 0 Å². The standard InChI is InChI=1S/C23H22FN5O3/c1-3-32-18-10-8-17(9-11-18)27-12-13-28-19-20(25-22(27)28)26(2)23(31)29(21(19)30)14-15-4-6-16(24)7-5-15/h4-11H,3,12-14H2,1-2H3. The highest BCUT2D eigenvalue weighted by Crippen LogP contribution is 2.32. The lowest BCUT2D eigenvalue weighted by Gasteiger charge is -2.16. The second-order valence-electron chi connectivity index (χ2n) is 7.67. The zero-order valence-electron chi connectivity index (χ0n) is 17.8. The van der Waals surface area contributed by atoms with Crippen molar-refractivity contribution < 1.29 is 9.13 Å². The van der Waals surface area contributed by atoms with Crippen molar-refractivity contribution in [3.63, 3.8) is 0 Å². The molecule has 3 heterocycles. The van der Waals surface area contributed by atoms with Crippen LogP contribution in [0.5, 0.6) is 5.75 Å². The Bertz CT molecular complexity index is 1420. The second kappa shape index (κ2) is 7.67. The van der Waals surface area contributed by atoms with E-state index in [4.69, 9.17) is 4.74 Å². The molecule has 164 valence electrons. The predicted octanol–water partition coefficient (Wildman–Crippen LogP) is 2.63. The fourth-order valence-corrected chi connectivity index (χ4v) is 4.12. The highest BCUT2D eigenvalue weighted by Gasteiger charge is 2.28. The fraction of sp³-hybridized carbons (Fsp3) is 0.261. The van der Waals surface area contributed by atoms with E-state index in [-0.39, 0.29) is 12.4 Å². The molecule has 1 aliphatic heterocycles. The largest absolute Gasteiger partial charge is 0.494 e. The zero-order valence-corrected chi connectivity index (χ0v) is 17.8. The van der Waals surface area contributed by atoms with Crippen LogP contribution in [0.15, 0.2) is 58.1 Å². The van der Waals surface area contributed by atoms with Crippen molar-refractivity contribution in [2.24, 2.45) is 7.05 Å². The van der Waals surface area contributed by atoms with E-state index in [9.17, 15) is 14.0 Å². The molecule has 1 aliphatic rings. The van der Waals surface area contributed by atoms with E-state index >= 15 is 0 Å². The summed E-state index contributed by atoms with van der Waals surface area (Å²) >= 11 is 0. The van der Waals surface area contributed by atoms with Crippen molar-refractivity contribution in [3.05, 3.63) is 80.7 Å². The number of benzene rings is 2. The summed E-state index contributed by atoms with van der Waals surface area (Å²) in [5, 5.41) is 0. The lowest BCUT2D eigenvalue weighted by Crippen LogP contribution is -2.40. The normalized spacial score (nSPS) is 13.0. The molecule has 2 aromatic carbocycles. The van der Waals surface area contributed by atoms with Crippen molar-refractivity contribution >= 4 is 22.8 Å². The van der Waals surface area contributed by atoms with Crippen LogP contribution in [0.4, 0.5) is 16.0 Å². The first kappa shape index (κ1) is 20.0. The molecule has 0 amide bonds. The van der Waals surface area contributed by atoms with E-state index in [1.165, 1.54) is 21.3 Å². The van der Waals surface area contributed by atoms with E-state index in [2.05, 4.69) is 4.98 Å². The molecule has 0 unspecified atom stereocenters. The van der Waals surface area contributed by atoms with Crippen LogP contribution in [0, 0.1) is 5.82 Å². The van der Waals surface area contributed by atoms with E-state index < -0.39 is 11.2 Å². The molecule has 4 aromatic rings. The van der Waals surface area contributed by atoms with Crippen LogP contribution in [-0.2, 0) is 20.1 Å². The molecular formula is C23H22FN5O3. The topological polar surface area (TPSA) is 74.3 Å². The number of imidazole rings is 1. The van der Waals surface area contributed by atoms with Gasteiger partial charge in [0.25, 0.3) is 5.56 Å². The van der Waals surface area contributed by atoms with Gasteiger partial charge < -0.3 is 14.2 Å². The van der Waals surface area contributed by atoms with E-state index in [0.717, 1.165) is 11.4 Å². The number of aryl methyl sites for hydroxylation is 1. The summed E-state index contributed by atoms with van der Waals surface area (Å²) in [5.41, 5.74) is 1.47. The average Bonchev–Trinajstić information content (AvgIpc) is 3.37. The SMILES string of the molecule is CCOc1ccc(N2CCn3c2nc2c3c(=O)n(Cc3ccc(F)cc3)c(=O)n2C)cc1. The van der Waals surface area contributed by atoms with Gasteiger partial charge in [-0.25, -0.2) is 9.18 Å². The molecule has 8 nitrogen and oxygen atoms in total. The number of anilines is 2. The van der Waals surface area contributed by atoms with Crippen molar-refractivity contribution in [2.45, 2.75) is 20.0 Å². The van der Waals surface area contributed by atoms with E-state index in [0.29, 0.717) is 42.4 Å². The summed E-state index contributed by atoms with van der Waals surface area (Å²) in [6.45, 7) is 3.82. The Hall–Kier alpha value is -3.88. The first-order valence-corrected chi connectivity index (χ1v) is 10.4. The maximum absolute atomic E-state index is 13.3. The van der Waals surface area contributed by atoms with E-state index in [1.807, 2.05) is 40.7 Å². The highest BCUT2D eigenvalue weighted by molar-refractivity contribution is 5.77. The summed E-state index contributed by atoms with van der Waals surface area (Å²) in [7, 11) is 1.61. The molecule has 0 fully saturated rings. The molecule has 9 heteroatoms. The van der Waals surface area contributed by atoms with Gasteiger partial charge >= 0.3 is 5.69 Å². The summed E-state index contributed by atoms with van der Waals surface area (Å²) in [6, 6.07) is 13.5. The van der Waals surface area contributed by atoms with Crippen molar-refractivity contribution in [3.8, 4) is 5.75 Å². The van der Waals surface area contributed by atoms with Gasteiger partial charge in [0.2, 0.25) is 5.95 Å². The number of rotatable bonds is 5. The summed E-state index contributed by atoms with van der Waals surface area (Å²) in [5.74, 6) is 1.04. The van der Waals surface area contributed by atoms with Crippen LogP contribution >= 0.6 is 0 Å². The van der Waals surface area contributed by atoms with Crippen molar-refractivity contribution in [1.82, 2.24) is 18.7 Å². The maximum Gasteiger partial charge on any atom is 0.332 e. The van der Waals surface area contributed by atoms with Gasteiger partial charge in [-0.3, -0.25) is 13.9 Å². The molecule has 0 atom stereocenters. The molecule has 0 bridgehead atoms. The van der Waals surface area contributed by atoms with Crippen LogP contribution in [0.3, 0.4) is 0 Å². The smallest absolute Gasteiger partial charge is 0.332 e. The van der Waals surface area contributed by atoms with Crippen LogP contribution < -0.4 is 20.9 Å². The second-order valence-corrected chi connectivity index (χ2v) is 7.67. The quantitative estimate of drug-likeness (QED) is 0.482. The third-order valence-corrected chi connectivity index (χ3v) is 5.71. The molecule has 0 N–H and O–H groups in total.